The highest BCUT2D eigenvalue weighted by atomic mass is 16.5. The summed E-state index contributed by atoms with van der Waals surface area (Å²) in [6.45, 7) is 1.63. The second kappa shape index (κ2) is 9.62. The number of fused-ring (bicyclic) bond motifs is 3. The summed E-state index contributed by atoms with van der Waals surface area (Å²) in [6.07, 6.45) is -0.941. The molecule has 1 heterocycles. The van der Waals surface area contributed by atoms with Crippen LogP contribution in [-0.2, 0) is 14.3 Å². The third-order valence-corrected chi connectivity index (χ3v) is 6.52. The molecule has 2 aromatic rings. The maximum Gasteiger partial charge on any atom is 0.407 e. The maximum atomic E-state index is 13.0. The molecule has 0 spiro atoms. The fraction of sp³-hybridized carbons (Fsp3) is 0.400. The highest BCUT2D eigenvalue weighted by Gasteiger charge is 2.34. The van der Waals surface area contributed by atoms with Crippen molar-refractivity contribution in [3.05, 3.63) is 59.7 Å². The summed E-state index contributed by atoms with van der Waals surface area (Å²) < 4.78 is 5.55. The van der Waals surface area contributed by atoms with E-state index in [1.807, 2.05) is 43.4 Å². The number of amides is 2. The van der Waals surface area contributed by atoms with Crippen LogP contribution in [0.25, 0.3) is 11.1 Å². The minimum atomic E-state index is -1.02. The largest absolute Gasteiger partial charge is 0.481 e. The summed E-state index contributed by atoms with van der Waals surface area (Å²) in [5.74, 6) is -1.42. The van der Waals surface area contributed by atoms with Gasteiger partial charge in [0.1, 0.15) is 12.6 Å². The molecule has 2 amide bonds. The van der Waals surface area contributed by atoms with Crippen LogP contribution in [0.2, 0.25) is 0 Å². The molecule has 2 N–H and O–H groups in total. The number of carbonyl (C=O) groups excluding carboxylic acids is 2. The van der Waals surface area contributed by atoms with E-state index in [4.69, 9.17) is 9.84 Å². The van der Waals surface area contributed by atoms with Gasteiger partial charge in [-0.05, 0) is 35.7 Å². The van der Waals surface area contributed by atoms with E-state index in [1.165, 1.54) is 0 Å². The molecule has 33 heavy (non-hydrogen) atoms. The number of nitrogens with one attached hydrogen (secondary N) is 1. The van der Waals surface area contributed by atoms with Gasteiger partial charge in [-0.1, -0.05) is 48.5 Å². The number of likely N-dealkylation sites (N-methyl/N-ethyl adjacent to an activating group) is 2. The van der Waals surface area contributed by atoms with Gasteiger partial charge in [0.15, 0.2) is 0 Å². The summed E-state index contributed by atoms with van der Waals surface area (Å²) in [4.78, 5) is 40.4. The van der Waals surface area contributed by atoms with Crippen LogP contribution in [0, 0.1) is 0 Å². The van der Waals surface area contributed by atoms with Crippen molar-refractivity contribution in [1.29, 1.82) is 0 Å². The molecule has 4 rings (SSSR count). The molecular weight excluding hydrogens is 422 g/mol. The van der Waals surface area contributed by atoms with Crippen LogP contribution in [0.4, 0.5) is 4.79 Å². The molecule has 174 valence electrons. The van der Waals surface area contributed by atoms with Gasteiger partial charge in [0, 0.05) is 32.5 Å². The Hall–Kier alpha value is -3.39. The summed E-state index contributed by atoms with van der Waals surface area (Å²) in [7, 11) is 3.65. The molecule has 0 bridgehead atoms. The first-order chi connectivity index (χ1) is 15.8. The van der Waals surface area contributed by atoms with Gasteiger partial charge in [-0.3, -0.25) is 9.59 Å². The number of carboxylic acids is 1. The van der Waals surface area contributed by atoms with E-state index < -0.39 is 18.1 Å². The number of hydrogen-bond acceptors (Lipinski definition) is 5. The van der Waals surface area contributed by atoms with Gasteiger partial charge in [-0.25, -0.2) is 4.79 Å². The first-order valence-corrected chi connectivity index (χ1v) is 11.1. The number of nitrogens with zero attached hydrogens (tertiary/aromatic N) is 2. The van der Waals surface area contributed by atoms with Crippen LogP contribution in [0.15, 0.2) is 48.5 Å². The van der Waals surface area contributed by atoms with Gasteiger partial charge in [-0.15, -0.1) is 0 Å². The standard InChI is InChI=1S/C25H29N3O5/c1-27-13-16(14-27)28(2)24(31)22(11-12-23(29)30)26-25(32)33-15-21-19-9-5-3-7-17(19)18-8-4-6-10-20(18)21/h3-10,16,21-22H,11-15H2,1-2H3,(H,26,32)(H,29,30). The number of rotatable bonds is 8. The average molecular weight is 452 g/mol. The van der Waals surface area contributed by atoms with E-state index >= 15 is 0 Å². The zero-order chi connectivity index (χ0) is 23.5. The van der Waals surface area contributed by atoms with Gasteiger partial charge in [0.05, 0.1) is 6.04 Å². The number of benzene rings is 2. The Morgan fingerprint density at radius 2 is 1.67 bits per heavy atom. The van der Waals surface area contributed by atoms with Crippen LogP contribution in [0.5, 0.6) is 0 Å². The highest BCUT2D eigenvalue weighted by Crippen LogP contribution is 2.44. The van der Waals surface area contributed by atoms with E-state index in [2.05, 4.69) is 22.3 Å². The second-order valence-corrected chi connectivity index (χ2v) is 8.78. The quantitative estimate of drug-likeness (QED) is 0.640. The number of likely N-dealkylation sites (tertiary alicyclic amines) is 1. The Morgan fingerprint density at radius 1 is 1.09 bits per heavy atom. The number of alkyl carbamates (subject to hydrolysis) is 1. The van der Waals surface area contributed by atoms with Crippen LogP contribution >= 0.6 is 0 Å². The maximum absolute atomic E-state index is 13.0. The zero-order valence-electron chi connectivity index (χ0n) is 18.9. The number of hydrogen-bond donors (Lipinski definition) is 2. The van der Waals surface area contributed by atoms with Crippen LogP contribution in [0.3, 0.4) is 0 Å². The minimum absolute atomic E-state index is 0.00522. The van der Waals surface area contributed by atoms with Crippen molar-refractivity contribution in [3.63, 3.8) is 0 Å². The topological polar surface area (TPSA) is 99.2 Å². The second-order valence-electron chi connectivity index (χ2n) is 8.78. The molecule has 8 heteroatoms. The van der Waals surface area contributed by atoms with Crippen molar-refractivity contribution in [2.75, 3.05) is 33.8 Å². The third-order valence-electron chi connectivity index (χ3n) is 6.52. The summed E-state index contributed by atoms with van der Waals surface area (Å²) in [5.41, 5.74) is 4.45. The molecule has 1 atom stereocenters. The van der Waals surface area contributed by atoms with Gasteiger partial charge in [0.2, 0.25) is 5.91 Å². The Balaban J connectivity index is 1.41. The van der Waals surface area contributed by atoms with E-state index in [9.17, 15) is 14.4 Å². The van der Waals surface area contributed by atoms with Crippen LogP contribution < -0.4 is 5.32 Å². The third kappa shape index (κ3) is 4.85. The molecule has 0 radical (unpaired) electrons. The van der Waals surface area contributed by atoms with Crippen molar-refractivity contribution in [2.24, 2.45) is 0 Å². The summed E-state index contributed by atoms with van der Waals surface area (Å²) in [6, 6.07) is 15.2. The number of ether oxygens (including phenoxy) is 1. The van der Waals surface area contributed by atoms with Crippen molar-refractivity contribution in [3.8, 4) is 11.1 Å². The molecule has 2 aromatic carbocycles. The predicted molar refractivity (Wildman–Crippen MR) is 123 cm³/mol. The molecule has 2 aliphatic rings. The lowest BCUT2D eigenvalue weighted by atomic mass is 9.98. The minimum Gasteiger partial charge on any atom is -0.481 e. The molecule has 1 aliphatic heterocycles. The van der Waals surface area contributed by atoms with Crippen molar-refractivity contribution in [2.45, 2.75) is 30.8 Å². The van der Waals surface area contributed by atoms with E-state index in [-0.39, 0.29) is 37.3 Å². The lowest BCUT2D eigenvalue weighted by Gasteiger charge is -2.42. The number of carbonyl (C=O) groups is 3. The summed E-state index contributed by atoms with van der Waals surface area (Å²) in [5, 5.41) is 11.7. The van der Waals surface area contributed by atoms with Crippen molar-refractivity contribution in [1.82, 2.24) is 15.1 Å². The SMILES string of the molecule is CN1CC(N(C)C(=O)C(CCC(=O)O)NC(=O)OCC2c3ccccc3-c3ccccc32)C1. The Morgan fingerprint density at radius 3 is 2.21 bits per heavy atom. The molecule has 1 fully saturated rings. The van der Waals surface area contributed by atoms with Crippen LogP contribution in [0.1, 0.15) is 29.9 Å². The zero-order valence-corrected chi connectivity index (χ0v) is 18.9. The van der Waals surface area contributed by atoms with Crippen LogP contribution in [-0.4, -0.2) is 78.8 Å². The Kier molecular flexibility index (Phi) is 6.65. The van der Waals surface area contributed by atoms with Crippen molar-refractivity contribution < 1.29 is 24.2 Å². The Bertz CT molecular complexity index is 1000. The smallest absolute Gasteiger partial charge is 0.407 e. The van der Waals surface area contributed by atoms with Gasteiger partial charge >= 0.3 is 12.1 Å². The average Bonchev–Trinajstić information content (AvgIpc) is 3.11. The first kappa shape index (κ1) is 22.8. The molecule has 0 saturated carbocycles. The Labute approximate surface area is 193 Å². The normalized spacial score (nSPS) is 16.3. The first-order valence-electron chi connectivity index (χ1n) is 11.1. The monoisotopic (exact) mass is 451 g/mol. The fourth-order valence-corrected chi connectivity index (χ4v) is 4.64. The fourth-order valence-electron chi connectivity index (χ4n) is 4.64. The van der Waals surface area contributed by atoms with E-state index in [0.717, 1.165) is 35.3 Å². The number of aliphatic carboxylic acids is 1. The van der Waals surface area contributed by atoms with E-state index in [0.29, 0.717) is 0 Å². The van der Waals surface area contributed by atoms with E-state index in [1.54, 1.807) is 11.9 Å². The van der Waals surface area contributed by atoms with Crippen molar-refractivity contribution >= 4 is 18.0 Å². The molecule has 8 nitrogen and oxygen atoms in total. The van der Waals surface area contributed by atoms with Gasteiger partial charge in [-0.2, -0.15) is 0 Å². The lowest BCUT2D eigenvalue weighted by molar-refractivity contribution is -0.139. The molecule has 0 aromatic heterocycles. The molecular formula is C25H29N3O5. The molecule has 1 unspecified atom stereocenters. The van der Waals surface area contributed by atoms with Gasteiger partial charge < -0.3 is 25.0 Å². The van der Waals surface area contributed by atoms with Gasteiger partial charge in [0.25, 0.3) is 0 Å². The number of carboxylic acid groups (broad SMARTS) is 1. The lowest BCUT2D eigenvalue weighted by Crippen LogP contribution is -2.61. The molecule has 1 aliphatic carbocycles. The predicted octanol–water partition coefficient (Wildman–Crippen LogP) is 2.53. The molecule has 1 saturated heterocycles. The highest BCUT2D eigenvalue weighted by molar-refractivity contribution is 5.86. The summed E-state index contributed by atoms with van der Waals surface area (Å²) >= 11 is 0.